The van der Waals surface area contributed by atoms with Gasteiger partial charge < -0.3 is 16.4 Å². The third-order valence-corrected chi connectivity index (χ3v) is 3.01. The van der Waals surface area contributed by atoms with Gasteiger partial charge in [0.15, 0.2) is 0 Å². The molecule has 8 nitrogen and oxygen atoms in total. The van der Waals surface area contributed by atoms with E-state index in [0.29, 0.717) is 11.4 Å². The molecule has 8 heteroatoms. The number of para-hydroxylation sites is 2. The molecular formula is C15H14N4O4. The van der Waals surface area contributed by atoms with E-state index in [0.717, 1.165) is 5.56 Å². The number of nitrogens with zero attached hydrogens (tertiary/aromatic N) is 1. The van der Waals surface area contributed by atoms with Crippen LogP contribution in [0.15, 0.2) is 42.5 Å². The minimum Gasteiger partial charge on any atom is -0.397 e. The van der Waals surface area contributed by atoms with Gasteiger partial charge in [-0.3, -0.25) is 19.7 Å². The van der Waals surface area contributed by atoms with Crippen molar-refractivity contribution in [3.05, 3.63) is 58.1 Å². The molecule has 2 rings (SSSR count). The zero-order chi connectivity index (χ0) is 17.0. The number of amides is 2. The predicted molar refractivity (Wildman–Crippen MR) is 85.9 cm³/mol. The fraction of sp³-hybridized carbons (Fsp3) is 0.0667. The summed E-state index contributed by atoms with van der Waals surface area (Å²) < 4.78 is 0. The maximum atomic E-state index is 11.9. The number of carbonyl (C=O) groups excluding carboxylic acids is 2. The van der Waals surface area contributed by atoms with Crippen molar-refractivity contribution in [2.75, 3.05) is 16.4 Å². The second kappa shape index (κ2) is 6.56. The fourth-order valence-electron chi connectivity index (χ4n) is 1.88. The Labute approximate surface area is 131 Å². The van der Waals surface area contributed by atoms with Gasteiger partial charge in [0.05, 0.1) is 16.3 Å². The molecule has 0 bridgehead atoms. The molecule has 0 unspecified atom stereocenters. The Hall–Kier alpha value is -3.42. The summed E-state index contributed by atoms with van der Waals surface area (Å²) in [5.74, 6) is -2.00. The van der Waals surface area contributed by atoms with Crippen LogP contribution in [0, 0.1) is 17.0 Å². The molecule has 0 spiro atoms. The molecule has 2 amide bonds. The van der Waals surface area contributed by atoms with Crippen molar-refractivity contribution in [2.24, 2.45) is 0 Å². The van der Waals surface area contributed by atoms with Gasteiger partial charge in [0.2, 0.25) is 0 Å². The SMILES string of the molecule is Cc1ccc(N)c(NC(=O)C(=O)Nc2ccccc2[N+](=O)[O-])c1. The summed E-state index contributed by atoms with van der Waals surface area (Å²) in [5.41, 5.74) is 6.82. The molecule has 2 aromatic carbocycles. The highest BCUT2D eigenvalue weighted by atomic mass is 16.6. The minimum atomic E-state index is -1.03. The van der Waals surface area contributed by atoms with E-state index in [-0.39, 0.29) is 11.4 Å². The first kappa shape index (κ1) is 16.0. The van der Waals surface area contributed by atoms with Gasteiger partial charge in [-0.2, -0.15) is 0 Å². The van der Waals surface area contributed by atoms with E-state index in [2.05, 4.69) is 10.6 Å². The maximum Gasteiger partial charge on any atom is 0.314 e. The van der Waals surface area contributed by atoms with E-state index in [1.807, 2.05) is 6.92 Å². The predicted octanol–water partition coefficient (Wildman–Crippen LogP) is 2.06. The molecule has 23 heavy (non-hydrogen) atoms. The highest BCUT2D eigenvalue weighted by Gasteiger charge is 2.20. The lowest BCUT2D eigenvalue weighted by Crippen LogP contribution is -2.29. The zero-order valence-corrected chi connectivity index (χ0v) is 12.2. The third kappa shape index (κ3) is 3.82. The van der Waals surface area contributed by atoms with E-state index in [9.17, 15) is 19.7 Å². The van der Waals surface area contributed by atoms with Gasteiger partial charge >= 0.3 is 11.8 Å². The monoisotopic (exact) mass is 314 g/mol. The quantitative estimate of drug-likeness (QED) is 0.346. The molecule has 0 saturated carbocycles. The lowest BCUT2D eigenvalue weighted by molar-refractivity contribution is -0.383. The van der Waals surface area contributed by atoms with Crippen molar-refractivity contribution in [1.82, 2.24) is 0 Å². The van der Waals surface area contributed by atoms with Gasteiger partial charge in [-0.1, -0.05) is 18.2 Å². The zero-order valence-electron chi connectivity index (χ0n) is 12.2. The number of rotatable bonds is 3. The molecule has 0 saturated heterocycles. The van der Waals surface area contributed by atoms with E-state index in [4.69, 9.17) is 5.73 Å². The summed E-state index contributed by atoms with van der Waals surface area (Å²) in [7, 11) is 0. The molecule has 0 radical (unpaired) electrons. The molecule has 118 valence electrons. The first-order valence-corrected chi connectivity index (χ1v) is 6.60. The van der Waals surface area contributed by atoms with Gasteiger partial charge in [0.1, 0.15) is 5.69 Å². The van der Waals surface area contributed by atoms with Crippen LogP contribution in [-0.4, -0.2) is 16.7 Å². The van der Waals surface area contributed by atoms with E-state index < -0.39 is 16.7 Å². The average Bonchev–Trinajstić information content (AvgIpc) is 2.51. The van der Waals surface area contributed by atoms with Crippen molar-refractivity contribution in [2.45, 2.75) is 6.92 Å². The van der Waals surface area contributed by atoms with Crippen LogP contribution < -0.4 is 16.4 Å². The van der Waals surface area contributed by atoms with Gasteiger partial charge in [-0.15, -0.1) is 0 Å². The Morgan fingerprint density at radius 3 is 2.30 bits per heavy atom. The number of benzene rings is 2. The largest absolute Gasteiger partial charge is 0.397 e. The topological polar surface area (TPSA) is 127 Å². The summed E-state index contributed by atoms with van der Waals surface area (Å²) in [6, 6.07) is 10.5. The molecule has 2 aromatic rings. The molecule has 0 heterocycles. The van der Waals surface area contributed by atoms with Crippen molar-refractivity contribution in [3.8, 4) is 0 Å². The highest BCUT2D eigenvalue weighted by Crippen LogP contribution is 2.23. The molecule has 4 N–H and O–H groups in total. The first-order valence-electron chi connectivity index (χ1n) is 6.60. The molecule has 0 fully saturated rings. The van der Waals surface area contributed by atoms with Crippen LogP contribution in [0.1, 0.15) is 5.56 Å². The lowest BCUT2D eigenvalue weighted by Gasteiger charge is -2.09. The van der Waals surface area contributed by atoms with E-state index in [1.54, 1.807) is 18.2 Å². The van der Waals surface area contributed by atoms with Gasteiger partial charge in [-0.05, 0) is 30.7 Å². The number of anilines is 3. The molecule has 0 aliphatic heterocycles. The van der Waals surface area contributed by atoms with Crippen LogP contribution in [0.5, 0.6) is 0 Å². The second-order valence-corrected chi connectivity index (χ2v) is 4.77. The number of aryl methyl sites for hydroxylation is 1. The molecule has 0 aliphatic carbocycles. The third-order valence-electron chi connectivity index (χ3n) is 3.01. The van der Waals surface area contributed by atoms with Gasteiger partial charge in [-0.25, -0.2) is 0 Å². The van der Waals surface area contributed by atoms with Crippen LogP contribution in [0.2, 0.25) is 0 Å². The van der Waals surface area contributed by atoms with Crippen LogP contribution in [0.25, 0.3) is 0 Å². The first-order chi connectivity index (χ1) is 10.9. The van der Waals surface area contributed by atoms with E-state index >= 15 is 0 Å². The Balaban J connectivity index is 2.14. The summed E-state index contributed by atoms with van der Waals surface area (Å²) in [4.78, 5) is 34.1. The second-order valence-electron chi connectivity index (χ2n) is 4.77. The average molecular weight is 314 g/mol. The summed E-state index contributed by atoms with van der Waals surface area (Å²) in [6.07, 6.45) is 0. The van der Waals surface area contributed by atoms with Crippen LogP contribution in [0.4, 0.5) is 22.7 Å². The standard InChI is InChI=1S/C15H14N4O4/c1-9-6-7-10(16)12(8-9)18-15(21)14(20)17-11-4-2-3-5-13(11)19(22)23/h2-8H,16H2,1H3,(H,17,20)(H,18,21). The smallest absolute Gasteiger partial charge is 0.314 e. The summed E-state index contributed by atoms with van der Waals surface area (Å²) in [5, 5.41) is 15.5. The van der Waals surface area contributed by atoms with Crippen molar-refractivity contribution in [3.63, 3.8) is 0 Å². The van der Waals surface area contributed by atoms with Crippen molar-refractivity contribution >= 4 is 34.6 Å². The van der Waals surface area contributed by atoms with Gasteiger partial charge in [0, 0.05) is 6.07 Å². The maximum absolute atomic E-state index is 11.9. The number of nitrogens with one attached hydrogen (secondary N) is 2. The van der Waals surface area contributed by atoms with Gasteiger partial charge in [0.25, 0.3) is 5.69 Å². The number of hydrogen-bond donors (Lipinski definition) is 3. The number of carbonyl (C=O) groups is 2. The Morgan fingerprint density at radius 1 is 1.04 bits per heavy atom. The van der Waals surface area contributed by atoms with Crippen LogP contribution in [0.3, 0.4) is 0 Å². The fourth-order valence-corrected chi connectivity index (χ4v) is 1.88. The van der Waals surface area contributed by atoms with Crippen molar-refractivity contribution < 1.29 is 14.5 Å². The Morgan fingerprint density at radius 2 is 1.65 bits per heavy atom. The minimum absolute atomic E-state index is 0.0603. The number of nitro benzene ring substituents is 1. The number of nitro groups is 1. The van der Waals surface area contributed by atoms with Crippen LogP contribution >= 0.6 is 0 Å². The lowest BCUT2D eigenvalue weighted by atomic mass is 10.2. The number of nitrogens with two attached hydrogens (primary N) is 1. The molecular weight excluding hydrogens is 300 g/mol. The van der Waals surface area contributed by atoms with Crippen LogP contribution in [-0.2, 0) is 9.59 Å². The molecule has 0 aliphatic rings. The molecule has 0 aromatic heterocycles. The Bertz CT molecular complexity index is 789. The summed E-state index contributed by atoms with van der Waals surface area (Å²) >= 11 is 0. The summed E-state index contributed by atoms with van der Waals surface area (Å²) in [6.45, 7) is 1.81. The van der Waals surface area contributed by atoms with E-state index in [1.165, 1.54) is 24.3 Å². The normalized spacial score (nSPS) is 9.96. The number of nitrogen functional groups attached to an aromatic ring is 1. The Kier molecular flexibility index (Phi) is 4.55. The highest BCUT2D eigenvalue weighted by molar-refractivity contribution is 6.44. The van der Waals surface area contributed by atoms with Crippen molar-refractivity contribution in [1.29, 1.82) is 0 Å². The number of hydrogen-bond acceptors (Lipinski definition) is 5. The molecule has 0 atom stereocenters.